The maximum Gasteiger partial charge on any atom is 0.241 e. The molecule has 0 radical (unpaired) electrons. The number of amides is 1. The largest absolute Gasteiger partial charge is 0.325 e. The summed E-state index contributed by atoms with van der Waals surface area (Å²) in [6.07, 6.45) is 5.96. The topological polar surface area (TPSA) is 58.2 Å². The van der Waals surface area contributed by atoms with E-state index in [4.69, 9.17) is 0 Å². The molecule has 1 aromatic rings. The summed E-state index contributed by atoms with van der Waals surface area (Å²) in [6, 6.07) is 8.19. The lowest BCUT2D eigenvalue weighted by Gasteiger charge is -2.24. The molecule has 2 aliphatic rings. The summed E-state index contributed by atoms with van der Waals surface area (Å²) in [6.45, 7) is 5.96. The van der Waals surface area contributed by atoms with Crippen LogP contribution in [0, 0.1) is 5.92 Å². The summed E-state index contributed by atoms with van der Waals surface area (Å²) < 4.78 is 12.1. The first kappa shape index (κ1) is 18.6. The first-order valence-electron chi connectivity index (χ1n) is 9.37. The minimum Gasteiger partial charge on any atom is -0.325 e. The molecule has 2 N–H and O–H groups in total. The van der Waals surface area contributed by atoms with Gasteiger partial charge >= 0.3 is 0 Å². The summed E-state index contributed by atoms with van der Waals surface area (Å²) in [5.74, 6) is 1.23. The van der Waals surface area contributed by atoms with Crippen LogP contribution in [0.15, 0.2) is 24.3 Å². The third-order valence-corrected chi connectivity index (χ3v) is 7.32. The summed E-state index contributed by atoms with van der Waals surface area (Å²) in [7, 11) is -0.941. The Morgan fingerprint density at radius 3 is 2.76 bits per heavy atom. The van der Waals surface area contributed by atoms with Crippen LogP contribution in [0.25, 0.3) is 0 Å². The predicted molar refractivity (Wildman–Crippen MR) is 104 cm³/mol. The fraction of sp³-hybridized carbons (Fsp3) is 0.650. The highest BCUT2D eigenvalue weighted by molar-refractivity contribution is 7.85. The van der Waals surface area contributed by atoms with E-state index in [9.17, 15) is 9.00 Å². The van der Waals surface area contributed by atoms with Crippen LogP contribution in [0.1, 0.15) is 58.4 Å². The van der Waals surface area contributed by atoms with E-state index >= 15 is 0 Å². The van der Waals surface area contributed by atoms with Crippen molar-refractivity contribution >= 4 is 22.4 Å². The third kappa shape index (κ3) is 4.70. The van der Waals surface area contributed by atoms with Gasteiger partial charge in [0, 0.05) is 33.0 Å². The Labute approximate surface area is 153 Å². The van der Waals surface area contributed by atoms with Crippen LogP contribution in [0.4, 0.5) is 5.69 Å². The van der Waals surface area contributed by atoms with E-state index in [0.29, 0.717) is 17.7 Å². The highest BCUT2D eigenvalue weighted by Crippen LogP contribution is 2.33. The molecule has 1 amide bonds. The molecule has 1 aromatic carbocycles. The van der Waals surface area contributed by atoms with Gasteiger partial charge in [0.1, 0.15) is 0 Å². The Balaban J connectivity index is 1.60. The van der Waals surface area contributed by atoms with Gasteiger partial charge in [-0.3, -0.25) is 9.00 Å². The van der Waals surface area contributed by atoms with Crippen molar-refractivity contribution in [3.8, 4) is 0 Å². The van der Waals surface area contributed by atoms with Crippen LogP contribution in [0.3, 0.4) is 0 Å². The molecule has 4 unspecified atom stereocenters. The van der Waals surface area contributed by atoms with Gasteiger partial charge < -0.3 is 10.6 Å². The Morgan fingerprint density at radius 1 is 1.28 bits per heavy atom. The van der Waals surface area contributed by atoms with Gasteiger partial charge in [-0.15, -0.1) is 0 Å². The van der Waals surface area contributed by atoms with Crippen molar-refractivity contribution in [1.82, 2.24) is 5.32 Å². The second-order valence-corrected chi connectivity index (χ2v) is 10.6. The third-order valence-electron chi connectivity index (χ3n) is 5.35. The zero-order chi connectivity index (χ0) is 18.0. The molecule has 1 aliphatic heterocycles. The molecule has 0 bridgehead atoms. The van der Waals surface area contributed by atoms with E-state index < -0.39 is 10.8 Å². The fourth-order valence-electron chi connectivity index (χ4n) is 3.86. The van der Waals surface area contributed by atoms with E-state index in [2.05, 4.69) is 10.6 Å². The highest BCUT2D eigenvalue weighted by Gasteiger charge is 2.38. The number of carbonyl (C=O) groups is 1. The van der Waals surface area contributed by atoms with E-state index in [0.717, 1.165) is 17.7 Å². The molecule has 25 heavy (non-hydrogen) atoms. The van der Waals surface area contributed by atoms with Crippen LogP contribution in [0.2, 0.25) is 0 Å². The predicted octanol–water partition coefficient (Wildman–Crippen LogP) is 3.59. The quantitative estimate of drug-likeness (QED) is 0.860. The number of anilines is 1. The van der Waals surface area contributed by atoms with Crippen molar-refractivity contribution < 1.29 is 9.00 Å². The number of carbonyl (C=O) groups excluding carboxylic acids is 1. The molecule has 2 fully saturated rings. The van der Waals surface area contributed by atoms with Gasteiger partial charge in [-0.1, -0.05) is 25.0 Å². The standard InChI is InChI=1S/C20H30N2O2S/c1-20(2,3)25(24)13-14-7-6-9-16(11-14)21-19(23)18-12-15-8-4-5-10-17(15)22-18/h6-7,9,11,15,17-18,22H,4-5,8,10,12-13H2,1-3H3,(H,21,23). The molecular formula is C20H30N2O2S. The van der Waals surface area contributed by atoms with Gasteiger partial charge in [0.05, 0.1) is 6.04 Å². The zero-order valence-corrected chi connectivity index (χ0v) is 16.3. The maximum absolute atomic E-state index is 12.6. The Bertz CT molecular complexity index is 639. The lowest BCUT2D eigenvalue weighted by molar-refractivity contribution is -0.117. The average Bonchev–Trinajstić information content (AvgIpc) is 2.98. The fourth-order valence-corrected chi connectivity index (χ4v) is 4.77. The average molecular weight is 363 g/mol. The summed E-state index contributed by atoms with van der Waals surface area (Å²) in [4.78, 5) is 12.6. The normalized spacial score (nSPS) is 27.6. The molecule has 5 heteroatoms. The number of nitrogens with one attached hydrogen (secondary N) is 2. The molecular weight excluding hydrogens is 332 g/mol. The summed E-state index contributed by atoms with van der Waals surface area (Å²) >= 11 is 0. The second kappa shape index (κ2) is 7.58. The lowest BCUT2D eigenvalue weighted by Crippen LogP contribution is -2.39. The number of hydrogen-bond acceptors (Lipinski definition) is 3. The van der Waals surface area contributed by atoms with Crippen LogP contribution >= 0.6 is 0 Å². The van der Waals surface area contributed by atoms with Crippen molar-refractivity contribution in [2.24, 2.45) is 5.92 Å². The van der Waals surface area contributed by atoms with E-state index in [1.807, 2.05) is 45.0 Å². The molecule has 1 saturated carbocycles. The maximum atomic E-state index is 12.6. The van der Waals surface area contributed by atoms with Crippen molar-refractivity contribution in [2.45, 2.75) is 75.5 Å². The number of benzene rings is 1. The van der Waals surface area contributed by atoms with E-state index in [1.54, 1.807) is 0 Å². The van der Waals surface area contributed by atoms with Crippen molar-refractivity contribution in [3.63, 3.8) is 0 Å². The smallest absolute Gasteiger partial charge is 0.241 e. The van der Waals surface area contributed by atoms with Gasteiger partial charge in [0.15, 0.2) is 0 Å². The Morgan fingerprint density at radius 2 is 2.04 bits per heavy atom. The van der Waals surface area contributed by atoms with Crippen LogP contribution in [0.5, 0.6) is 0 Å². The molecule has 4 atom stereocenters. The number of hydrogen-bond donors (Lipinski definition) is 2. The van der Waals surface area contributed by atoms with Gasteiger partial charge in [-0.05, 0) is 63.6 Å². The zero-order valence-electron chi connectivity index (χ0n) is 15.5. The summed E-state index contributed by atoms with van der Waals surface area (Å²) in [5.41, 5.74) is 1.80. The molecule has 1 heterocycles. The summed E-state index contributed by atoms with van der Waals surface area (Å²) in [5, 5.41) is 6.56. The molecule has 1 aliphatic carbocycles. The number of rotatable bonds is 4. The molecule has 3 rings (SSSR count). The van der Waals surface area contributed by atoms with E-state index in [-0.39, 0.29) is 16.7 Å². The first-order valence-corrected chi connectivity index (χ1v) is 10.7. The molecule has 1 saturated heterocycles. The van der Waals surface area contributed by atoms with Gasteiger partial charge in [-0.25, -0.2) is 0 Å². The van der Waals surface area contributed by atoms with Gasteiger partial charge in [0.2, 0.25) is 5.91 Å². The highest BCUT2D eigenvalue weighted by atomic mass is 32.2. The first-order chi connectivity index (χ1) is 11.8. The molecule has 0 spiro atoms. The van der Waals surface area contributed by atoms with Crippen LogP contribution in [-0.4, -0.2) is 26.9 Å². The van der Waals surface area contributed by atoms with Gasteiger partial charge in [-0.2, -0.15) is 0 Å². The van der Waals surface area contributed by atoms with Gasteiger partial charge in [0.25, 0.3) is 0 Å². The van der Waals surface area contributed by atoms with Crippen molar-refractivity contribution in [2.75, 3.05) is 5.32 Å². The minimum absolute atomic E-state index is 0.0588. The molecule has 4 nitrogen and oxygen atoms in total. The lowest BCUT2D eigenvalue weighted by atomic mass is 9.85. The monoisotopic (exact) mass is 362 g/mol. The van der Waals surface area contributed by atoms with Crippen LogP contribution < -0.4 is 10.6 Å². The minimum atomic E-state index is -0.941. The molecule has 138 valence electrons. The Kier molecular flexibility index (Phi) is 5.64. The van der Waals surface area contributed by atoms with E-state index in [1.165, 1.54) is 25.7 Å². The second-order valence-electron chi connectivity index (χ2n) is 8.40. The Hall–Kier alpha value is -1.20. The number of fused-ring (bicyclic) bond motifs is 1. The van der Waals surface area contributed by atoms with Crippen molar-refractivity contribution in [3.05, 3.63) is 29.8 Å². The SMILES string of the molecule is CC(C)(C)S(=O)Cc1cccc(NC(=O)C2CC3CCCCC3N2)c1. The van der Waals surface area contributed by atoms with Crippen LogP contribution in [-0.2, 0) is 21.3 Å². The molecule has 0 aromatic heterocycles. The van der Waals surface area contributed by atoms with Crippen molar-refractivity contribution in [1.29, 1.82) is 0 Å².